The molecule has 0 radical (unpaired) electrons. The van der Waals surface area contributed by atoms with Gasteiger partial charge in [-0.15, -0.1) is 0 Å². The predicted molar refractivity (Wildman–Crippen MR) is 102 cm³/mol. The van der Waals surface area contributed by atoms with Crippen molar-refractivity contribution in [3.8, 4) is 17.2 Å². The normalized spacial score (nSPS) is 12.6. The van der Waals surface area contributed by atoms with E-state index < -0.39 is 11.9 Å². The molecule has 2 aromatic carbocycles. The minimum absolute atomic E-state index is 0.000276. The molecule has 0 unspecified atom stereocenters. The van der Waals surface area contributed by atoms with E-state index in [4.69, 9.17) is 30.5 Å². The molecule has 1 heterocycles. The minimum atomic E-state index is -0.577. The zero-order valence-electron chi connectivity index (χ0n) is 15.3. The Morgan fingerprint density at radius 3 is 2.79 bits per heavy atom. The Balaban J connectivity index is 1.54. The summed E-state index contributed by atoms with van der Waals surface area (Å²) in [5.74, 6) is 0.452. The number of carbonyl (C=O) groups excluding carboxylic acids is 2. The molecule has 8 heteroatoms. The summed E-state index contributed by atoms with van der Waals surface area (Å²) in [5, 5.41) is 2.91. The standard InChI is InChI=1S/C20H20ClNO6/c1-25-16-6-3-2-5-14(16)20(24)22-11-18(23)28-12-13-9-15(21)19-17(10-13)26-7-4-8-27-19/h2-3,5-6,9-10H,4,7-8,11-12H2,1H3,(H,22,24). The van der Waals surface area contributed by atoms with Gasteiger partial charge in [0.1, 0.15) is 18.9 Å². The number of hydrogen-bond acceptors (Lipinski definition) is 6. The molecular weight excluding hydrogens is 386 g/mol. The summed E-state index contributed by atoms with van der Waals surface area (Å²) in [5.41, 5.74) is 1.01. The van der Waals surface area contributed by atoms with Crippen molar-refractivity contribution >= 4 is 23.5 Å². The number of methoxy groups -OCH3 is 1. The third-order valence-electron chi connectivity index (χ3n) is 4.01. The molecule has 1 aliphatic heterocycles. The molecule has 1 N–H and O–H groups in total. The summed E-state index contributed by atoms with van der Waals surface area (Å²) >= 11 is 6.22. The van der Waals surface area contributed by atoms with Crippen molar-refractivity contribution in [1.29, 1.82) is 0 Å². The molecule has 0 aromatic heterocycles. The van der Waals surface area contributed by atoms with Crippen LogP contribution in [0.2, 0.25) is 5.02 Å². The Kier molecular flexibility index (Phi) is 6.60. The van der Waals surface area contributed by atoms with Crippen LogP contribution in [0.4, 0.5) is 0 Å². The summed E-state index contributed by atoms with van der Waals surface area (Å²) in [4.78, 5) is 24.2. The van der Waals surface area contributed by atoms with Crippen molar-refractivity contribution in [3.05, 3.63) is 52.5 Å². The fourth-order valence-electron chi connectivity index (χ4n) is 2.66. The van der Waals surface area contributed by atoms with E-state index in [0.717, 1.165) is 6.42 Å². The summed E-state index contributed by atoms with van der Waals surface area (Å²) in [6.45, 7) is 0.795. The molecule has 148 valence electrons. The van der Waals surface area contributed by atoms with Crippen LogP contribution < -0.4 is 19.5 Å². The fourth-order valence-corrected chi connectivity index (χ4v) is 2.95. The van der Waals surface area contributed by atoms with Gasteiger partial charge in [-0.05, 0) is 29.8 Å². The van der Waals surface area contributed by atoms with Gasteiger partial charge < -0.3 is 24.3 Å². The Bertz CT molecular complexity index is 870. The van der Waals surface area contributed by atoms with Crippen molar-refractivity contribution < 1.29 is 28.5 Å². The topological polar surface area (TPSA) is 83.1 Å². The highest BCUT2D eigenvalue weighted by atomic mass is 35.5. The highest BCUT2D eigenvalue weighted by molar-refractivity contribution is 6.32. The van der Waals surface area contributed by atoms with Gasteiger partial charge >= 0.3 is 5.97 Å². The van der Waals surface area contributed by atoms with Crippen molar-refractivity contribution in [2.75, 3.05) is 26.9 Å². The second-order valence-corrected chi connectivity index (χ2v) is 6.41. The zero-order valence-corrected chi connectivity index (χ0v) is 16.1. The third-order valence-corrected chi connectivity index (χ3v) is 4.29. The number of esters is 1. The van der Waals surface area contributed by atoms with Gasteiger partial charge in [0.05, 0.1) is 30.9 Å². The van der Waals surface area contributed by atoms with E-state index in [9.17, 15) is 9.59 Å². The first-order valence-corrected chi connectivity index (χ1v) is 9.11. The highest BCUT2D eigenvalue weighted by Gasteiger charge is 2.17. The zero-order chi connectivity index (χ0) is 19.9. The number of rotatable bonds is 6. The van der Waals surface area contributed by atoms with Gasteiger partial charge in [0.2, 0.25) is 0 Å². The maximum absolute atomic E-state index is 12.2. The Labute approximate surface area is 167 Å². The molecular formula is C20H20ClNO6. The molecule has 0 fully saturated rings. The van der Waals surface area contributed by atoms with Crippen LogP contribution in [0.3, 0.4) is 0 Å². The van der Waals surface area contributed by atoms with E-state index in [-0.39, 0.29) is 13.2 Å². The number of hydrogen-bond donors (Lipinski definition) is 1. The van der Waals surface area contributed by atoms with Crippen molar-refractivity contribution in [3.63, 3.8) is 0 Å². The Morgan fingerprint density at radius 2 is 1.96 bits per heavy atom. The lowest BCUT2D eigenvalue weighted by molar-refractivity contribution is -0.143. The highest BCUT2D eigenvalue weighted by Crippen LogP contribution is 2.38. The number of carbonyl (C=O) groups is 2. The third kappa shape index (κ3) is 4.86. The monoisotopic (exact) mass is 405 g/mol. The van der Waals surface area contributed by atoms with Gasteiger partial charge in [0.25, 0.3) is 5.91 Å². The van der Waals surface area contributed by atoms with E-state index >= 15 is 0 Å². The smallest absolute Gasteiger partial charge is 0.325 e. The number of halogens is 1. The lowest BCUT2D eigenvalue weighted by Gasteiger charge is -2.12. The molecule has 1 aliphatic rings. The number of ether oxygens (including phenoxy) is 4. The van der Waals surface area contributed by atoms with Crippen LogP contribution in [0.5, 0.6) is 17.2 Å². The molecule has 0 aliphatic carbocycles. The summed E-state index contributed by atoms with van der Waals surface area (Å²) in [7, 11) is 1.47. The van der Waals surface area contributed by atoms with Gasteiger partial charge in [-0.3, -0.25) is 9.59 Å². The molecule has 7 nitrogen and oxygen atoms in total. The first kappa shape index (κ1) is 19.8. The largest absolute Gasteiger partial charge is 0.496 e. The van der Waals surface area contributed by atoms with Crippen molar-refractivity contribution in [1.82, 2.24) is 5.32 Å². The van der Waals surface area contributed by atoms with Gasteiger partial charge in [0, 0.05) is 6.42 Å². The number of para-hydroxylation sites is 1. The number of nitrogens with one attached hydrogen (secondary N) is 1. The van der Waals surface area contributed by atoms with Crippen LogP contribution in [0.1, 0.15) is 22.3 Å². The molecule has 0 spiro atoms. The van der Waals surface area contributed by atoms with Crippen LogP contribution in [0.25, 0.3) is 0 Å². The summed E-state index contributed by atoms with van der Waals surface area (Å²) in [6, 6.07) is 10.1. The lowest BCUT2D eigenvalue weighted by Crippen LogP contribution is -2.30. The second-order valence-electron chi connectivity index (χ2n) is 6.00. The number of benzene rings is 2. The van der Waals surface area contributed by atoms with Crippen LogP contribution in [-0.2, 0) is 16.1 Å². The first-order valence-electron chi connectivity index (χ1n) is 8.73. The molecule has 0 atom stereocenters. The number of fused-ring (bicyclic) bond motifs is 1. The van der Waals surface area contributed by atoms with E-state index in [1.54, 1.807) is 36.4 Å². The van der Waals surface area contributed by atoms with E-state index in [1.165, 1.54) is 7.11 Å². The number of amides is 1. The van der Waals surface area contributed by atoms with Gasteiger partial charge in [0.15, 0.2) is 11.5 Å². The first-order chi connectivity index (χ1) is 13.6. The average molecular weight is 406 g/mol. The average Bonchev–Trinajstić information content (AvgIpc) is 2.96. The maximum atomic E-state index is 12.2. The second kappa shape index (κ2) is 9.32. The Hall–Kier alpha value is -2.93. The Morgan fingerprint density at radius 1 is 1.18 bits per heavy atom. The summed E-state index contributed by atoms with van der Waals surface area (Å²) < 4.78 is 21.5. The SMILES string of the molecule is COc1ccccc1C(=O)NCC(=O)OCc1cc(Cl)c2c(c1)OCCCO2. The van der Waals surface area contributed by atoms with Gasteiger partial charge in [-0.25, -0.2) is 0 Å². The van der Waals surface area contributed by atoms with Crippen molar-refractivity contribution in [2.24, 2.45) is 0 Å². The molecule has 3 rings (SSSR count). The molecule has 0 saturated carbocycles. The predicted octanol–water partition coefficient (Wildman–Crippen LogP) is 2.98. The van der Waals surface area contributed by atoms with Crippen LogP contribution in [0.15, 0.2) is 36.4 Å². The van der Waals surface area contributed by atoms with E-state index in [0.29, 0.717) is 46.6 Å². The molecule has 0 bridgehead atoms. The van der Waals surface area contributed by atoms with Crippen molar-refractivity contribution in [2.45, 2.75) is 13.0 Å². The quantitative estimate of drug-likeness (QED) is 0.744. The lowest BCUT2D eigenvalue weighted by atomic mass is 10.2. The van der Waals surface area contributed by atoms with Crippen LogP contribution in [-0.4, -0.2) is 38.7 Å². The minimum Gasteiger partial charge on any atom is -0.496 e. The van der Waals surface area contributed by atoms with E-state index in [1.807, 2.05) is 0 Å². The molecule has 0 saturated heterocycles. The van der Waals surface area contributed by atoms with Crippen LogP contribution in [0, 0.1) is 0 Å². The summed E-state index contributed by atoms with van der Waals surface area (Å²) in [6.07, 6.45) is 0.765. The van der Waals surface area contributed by atoms with Crippen LogP contribution >= 0.6 is 11.6 Å². The molecule has 1 amide bonds. The van der Waals surface area contributed by atoms with E-state index in [2.05, 4.69) is 5.32 Å². The maximum Gasteiger partial charge on any atom is 0.325 e. The van der Waals surface area contributed by atoms with Gasteiger partial charge in [-0.2, -0.15) is 0 Å². The molecule has 2 aromatic rings. The molecule has 28 heavy (non-hydrogen) atoms. The van der Waals surface area contributed by atoms with Gasteiger partial charge in [-0.1, -0.05) is 23.7 Å². The fraction of sp³-hybridized carbons (Fsp3) is 0.300.